The predicted molar refractivity (Wildman–Crippen MR) is 69.9 cm³/mol. The molecule has 0 aliphatic carbocycles. The van der Waals surface area contributed by atoms with Crippen molar-refractivity contribution in [2.24, 2.45) is 0 Å². The third-order valence-corrected chi connectivity index (χ3v) is 2.56. The zero-order chi connectivity index (χ0) is 12.2. The van der Waals surface area contributed by atoms with Crippen LogP contribution in [0.5, 0.6) is 0 Å². The third kappa shape index (κ3) is 3.06. The maximum atomic E-state index is 3.75. The summed E-state index contributed by atoms with van der Waals surface area (Å²) in [6.07, 6.45) is 5.63. The Labute approximate surface area is 123 Å². The molecule has 19 heavy (non-hydrogen) atoms. The quantitative estimate of drug-likeness (QED) is 0.387. The fourth-order valence-electron chi connectivity index (χ4n) is 1.65. The molecule has 0 saturated heterocycles. The zero-order valence-corrected chi connectivity index (χ0v) is 13.2. The normalized spacial score (nSPS) is 9.68. The Kier molecular flexibility index (Phi) is 4.42. The molecule has 2 heterocycles. The van der Waals surface area contributed by atoms with E-state index in [1.54, 1.807) is 0 Å². The van der Waals surface area contributed by atoms with Crippen molar-refractivity contribution in [1.82, 2.24) is 20.4 Å². The first kappa shape index (κ1) is 13.4. The van der Waals surface area contributed by atoms with Crippen LogP contribution >= 0.6 is 0 Å². The number of H-pyrrole nitrogens is 2. The summed E-state index contributed by atoms with van der Waals surface area (Å²) in [6, 6.07) is 15.8. The second-order valence-corrected chi connectivity index (χ2v) is 3.76. The minimum absolute atomic E-state index is 0. The van der Waals surface area contributed by atoms with Gasteiger partial charge in [-0.2, -0.15) is 12.1 Å². The molecule has 4 aromatic rings. The number of aromatic nitrogens is 4. The van der Waals surface area contributed by atoms with E-state index in [0.717, 1.165) is 21.8 Å². The molecule has 5 heteroatoms. The SMILES string of the molecule is [Zn+2].[c-]1n[nH]c2ccccc12.[c-]1n[nH]c2ccccc12. The molecule has 0 atom stereocenters. The number of para-hydroxylation sites is 2. The van der Waals surface area contributed by atoms with Crippen LogP contribution in [0.2, 0.25) is 0 Å². The Balaban J connectivity index is 0.000000133. The molecule has 0 aliphatic heterocycles. The largest absolute Gasteiger partial charge is 2.00 e. The summed E-state index contributed by atoms with van der Waals surface area (Å²) in [6.45, 7) is 0. The fraction of sp³-hybridized carbons (Fsp3) is 0. The van der Waals surface area contributed by atoms with Gasteiger partial charge in [-0.1, -0.05) is 24.3 Å². The Morgan fingerprint density at radius 1 is 0.684 bits per heavy atom. The van der Waals surface area contributed by atoms with E-state index in [1.807, 2.05) is 48.5 Å². The fourth-order valence-corrected chi connectivity index (χ4v) is 1.65. The average molecular weight is 300 g/mol. The van der Waals surface area contributed by atoms with E-state index < -0.39 is 0 Å². The van der Waals surface area contributed by atoms with Crippen molar-refractivity contribution in [3.05, 3.63) is 60.9 Å². The molecule has 0 radical (unpaired) electrons. The van der Waals surface area contributed by atoms with E-state index >= 15 is 0 Å². The van der Waals surface area contributed by atoms with Crippen molar-refractivity contribution in [3.8, 4) is 0 Å². The first-order chi connectivity index (χ1) is 8.93. The molecular formula is C14H10N4Zn. The zero-order valence-electron chi connectivity index (χ0n) is 10.2. The number of benzene rings is 2. The summed E-state index contributed by atoms with van der Waals surface area (Å²) in [5.74, 6) is 0. The van der Waals surface area contributed by atoms with Gasteiger partial charge in [-0.3, -0.25) is 10.2 Å². The molecule has 88 valence electrons. The van der Waals surface area contributed by atoms with Gasteiger partial charge >= 0.3 is 19.5 Å². The third-order valence-electron chi connectivity index (χ3n) is 2.56. The monoisotopic (exact) mass is 298 g/mol. The van der Waals surface area contributed by atoms with Crippen LogP contribution < -0.4 is 0 Å². The number of aromatic amines is 2. The van der Waals surface area contributed by atoms with Crippen LogP contribution in [0.25, 0.3) is 21.8 Å². The van der Waals surface area contributed by atoms with Crippen molar-refractivity contribution in [1.29, 1.82) is 0 Å². The number of hydrogen-bond acceptors (Lipinski definition) is 2. The number of hydrogen-bond donors (Lipinski definition) is 2. The van der Waals surface area contributed by atoms with Gasteiger partial charge in [-0.05, 0) is 23.4 Å². The molecule has 0 amide bonds. The first-order valence-corrected chi connectivity index (χ1v) is 5.55. The van der Waals surface area contributed by atoms with E-state index in [4.69, 9.17) is 0 Å². The molecule has 4 rings (SSSR count). The summed E-state index contributed by atoms with van der Waals surface area (Å²) >= 11 is 0. The maximum absolute atomic E-state index is 3.75. The van der Waals surface area contributed by atoms with Gasteiger partial charge in [0.15, 0.2) is 0 Å². The van der Waals surface area contributed by atoms with E-state index in [1.165, 1.54) is 0 Å². The molecule has 0 fully saturated rings. The minimum atomic E-state index is 0. The van der Waals surface area contributed by atoms with Gasteiger partial charge in [0.1, 0.15) is 0 Å². The molecule has 0 spiro atoms. The van der Waals surface area contributed by atoms with E-state index in [0.29, 0.717) is 0 Å². The molecule has 0 saturated carbocycles. The Hall–Kier alpha value is -2.00. The van der Waals surface area contributed by atoms with Gasteiger partial charge in [0.25, 0.3) is 0 Å². The van der Waals surface area contributed by atoms with Crippen molar-refractivity contribution < 1.29 is 19.5 Å². The summed E-state index contributed by atoms with van der Waals surface area (Å²) in [4.78, 5) is 0. The summed E-state index contributed by atoms with van der Waals surface area (Å²) in [7, 11) is 0. The topological polar surface area (TPSA) is 57.4 Å². The van der Waals surface area contributed by atoms with Crippen LogP contribution in [-0.2, 0) is 19.5 Å². The van der Waals surface area contributed by atoms with Crippen molar-refractivity contribution in [2.75, 3.05) is 0 Å². The minimum Gasteiger partial charge on any atom is -0.344 e. The molecule has 0 bridgehead atoms. The number of rotatable bonds is 0. The van der Waals surface area contributed by atoms with Gasteiger partial charge in [-0.15, -0.1) is 22.9 Å². The van der Waals surface area contributed by atoms with Crippen LogP contribution in [-0.4, -0.2) is 20.4 Å². The molecule has 0 unspecified atom stereocenters. The van der Waals surface area contributed by atoms with Gasteiger partial charge in [0, 0.05) is 0 Å². The smallest absolute Gasteiger partial charge is 0.344 e. The summed E-state index contributed by atoms with van der Waals surface area (Å²) < 4.78 is 0. The second kappa shape index (κ2) is 6.25. The second-order valence-electron chi connectivity index (χ2n) is 3.76. The van der Waals surface area contributed by atoms with Gasteiger partial charge in [0.05, 0.1) is 0 Å². The van der Waals surface area contributed by atoms with Crippen molar-refractivity contribution >= 4 is 21.8 Å². The van der Waals surface area contributed by atoms with Crippen LogP contribution in [0.3, 0.4) is 0 Å². The van der Waals surface area contributed by atoms with E-state index in [9.17, 15) is 0 Å². The molecule has 2 aromatic carbocycles. The molecule has 4 nitrogen and oxygen atoms in total. The van der Waals surface area contributed by atoms with E-state index in [-0.39, 0.29) is 19.5 Å². The van der Waals surface area contributed by atoms with Crippen LogP contribution in [0.15, 0.2) is 48.5 Å². The summed E-state index contributed by atoms with van der Waals surface area (Å²) in [5, 5.41) is 15.2. The number of nitrogens with one attached hydrogen (secondary N) is 2. The standard InChI is InChI=1S/2C7H5N2.Zn/c2*1-2-4-7-6(3-1)5-8-9-7;/h2*1-4H,(H,8,9);/q2*-1;+2. The predicted octanol–water partition coefficient (Wildman–Crippen LogP) is 2.72. The van der Waals surface area contributed by atoms with E-state index in [2.05, 4.69) is 32.8 Å². The van der Waals surface area contributed by atoms with Gasteiger partial charge < -0.3 is 10.2 Å². The van der Waals surface area contributed by atoms with Gasteiger partial charge in [0.2, 0.25) is 0 Å². The van der Waals surface area contributed by atoms with Gasteiger partial charge in [-0.25, -0.2) is 0 Å². The Morgan fingerprint density at radius 2 is 1.11 bits per heavy atom. The molecule has 2 aromatic heterocycles. The molecular weight excluding hydrogens is 290 g/mol. The maximum Gasteiger partial charge on any atom is 2.00 e. The molecule has 2 N–H and O–H groups in total. The van der Waals surface area contributed by atoms with Crippen LogP contribution in [0.1, 0.15) is 0 Å². The Bertz CT molecular complexity index is 633. The van der Waals surface area contributed by atoms with Crippen LogP contribution in [0.4, 0.5) is 0 Å². The first-order valence-electron chi connectivity index (χ1n) is 5.55. The van der Waals surface area contributed by atoms with Crippen molar-refractivity contribution in [3.63, 3.8) is 0 Å². The summed E-state index contributed by atoms with van der Waals surface area (Å²) in [5.41, 5.74) is 2.08. The number of fused-ring (bicyclic) bond motifs is 2. The molecule has 0 aliphatic rings. The van der Waals surface area contributed by atoms with Crippen LogP contribution in [0, 0.1) is 12.4 Å². The Morgan fingerprint density at radius 3 is 1.53 bits per heavy atom. The van der Waals surface area contributed by atoms with Crippen molar-refractivity contribution in [2.45, 2.75) is 0 Å². The average Bonchev–Trinajstić information content (AvgIpc) is 3.08. The number of nitrogens with zero attached hydrogens (tertiary/aromatic N) is 2.